The Bertz CT molecular complexity index is 515. The minimum absolute atomic E-state index is 0.0806. The van der Waals surface area contributed by atoms with Gasteiger partial charge in [0.05, 0.1) is 5.75 Å². The molecule has 106 valence electrons. The number of hydrogen-bond acceptors (Lipinski definition) is 3. The molecule has 5 heteroatoms. The third kappa shape index (κ3) is 3.35. The Balaban J connectivity index is 2.08. The van der Waals surface area contributed by atoms with E-state index in [1.165, 1.54) is 0 Å². The molecule has 0 radical (unpaired) electrons. The molecule has 0 amide bonds. The summed E-state index contributed by atoms with van der Waals surface area (Å²) in [5.41, 5.74) is 7.37. The number of hydrogen-bond donors (Lipinski definition) is 1. The normalized spacial score (nSPS) is 24.8. The molecule has 4 nitrogen and oxygen atoms in total. The minimum atomic E-state index is -3.20. The Kier molecular flexibility index (Phi) is 4.28. The van der Waals surface area contributed by atoms with E-state index in [2.05, 4.69) is 13.8 Å². The molecule has 0 saturated carbocycles. The maximum Gasteiger partial charge on any atom is 0.218 e. The van der Waals surface area contributed by atoms with E-state index in [-0.39, 0.29) is 5.75 Å². The first kappa shape index (κ1) is 14.5. The van der Waals surface area contributed by atoms with Crippen molar-refractivity contribution in [3.8, 4) is 0 Å². The van der Waals surface area contributed by atoms with Crippen LogP contribution in [-0.4, -0.2) is 25.8 Å². The highest BCUT2D eigenvalue weighted by molar-refractivity contribution is 7.88. The first-order valence-electron chi connectivity index (χ1n) is 6.68. The monoisotopic (exact) mass is 282 g/mol. The zero-order valence-corrected chi connectivity index (χ0v) is 12.4. The lowest BCUT2D eigenvalue weighted by Crippen LogP contribution is -2.30. The molecule has 2 unspecified atom stereocenters. The third-order valence-corrected chi connectivity index (χ3v) is 5.74. The summed E-state index contributed by atoms with van der Waals surface area (Å²) in [6.45, 7) is 5.98. The van der Waals surface area contributed by atoms with Crippen molar-refractivity contribution in [1.82, 2.24) is 4.31 Å². The summed E-state index contributed by atoms with van der Waals surface area (Å²) >= 11 is 0. The number of nitrogens with two attached hydrogens (primary N) is 1. The Morgan fingerprint density at radius 2 is 1.58 bits per heavy atom. The maximum absolute atomic E-state index is 12.3. The highest BCUT2D eigenvalue weighted by Gasteiger charge is 2.33. The van der Waals surface area contributed by atoms with Gasteiger partial charge in [0, 0.05) is 19.6 Å². The Morgan fingerprint density at radius 1 is 1.11 bits per heavy atom. The topological polar surface area (TPSA) is 63.4 Å². The first-order chi connectivity index (χ1) is 8.92. The van der Waals surface area contributed by atoms with Gasteiger partial charge in [-0.3, -0.25) is 0 Å². The molecule has 0 aliphatic carbocycles. The Labute approximate surface area is 115 Å². The van der Waals surface area contributed by atoms with Crippen LogP contribution in [0.2, 0.25) is 0 Å². The number of rotatable bonds is 4. The molecule has 1 heterocycles. The van der Waals surface area contributed by atoms with Crippen LogP contribution in [0.1, 0.15) is 25.0 Å². The van der Waals surface area contributed by atoms with Crippen molar-refractivity contribution < 1.29 is 8.42 Å². The zero-order chi connectivity index (χ0) is 14.0. The molecule has 2 N–H and O–H groups in total. The van der Waals surface area contributed by atoms with E-state index in [0.29, 0.717) is 31.5 Å². The van der Waals surface area contributed by atoms with Crippen LogP contribution in [0.15, 0.2) is 24.3 Å². The van der Waals surface area contributed by atoms with Crippen LogP contribution in [0.4, 0.5) is 0 Å². The lowest BCUT2D eigenvalue weighted by atomic mass is 10.0. The van der Waals surface area contributed by atoms with Crippen molar-refractivity contribution in [1.29, 1.82) is 0 Å². The standard InChI is InChI=1S/C14H22N2O2S/c1-11-8-16(9-12(11)2)19(17,18)10-14-5-3-13(7-15)4-6-14/h3-6,11-12H,7-10,15H2,1-2H3. The van der Waals surface area contributed by atoms with E-state index in [9.17, 15) is 8.42 Å². The van der Waals surface area contributed by atoms with Gasteiger partial charge in [-0.2, -0.15) is 0 Å². The lowest BCUT2D eigenvalue weighted by Gasteiger charge is -2.16. The van der Waals surface area contributed by atoms with Gasteiger partial charge in [-0.25, -0.2) is 12.7 Å². The molecule has 2 rings (SSSR count). The van der Waals surface area contributed by atoms with Gasteiger partial charge in [-0.15, -0.1) is 0 Å². The Hall–Kier alpha value is -0.910. The summed E-state index contributed by atoms with van der Waals surface area (Å²) in [4.78, 5) is 0. The third-order valence-electron chi connectivity index (χ3n) is 3.96. The highest BCUT2D eigenvalue weighted by Crippen LogP contribution is 2.26. The lowest BCUT2D eigenvalue weighted by molar-refractivity contribution is 0.462. The molecule has 1 saturated heterocycles. The van der Waals surface area contributed by atoms with Gasteiger partial charge >= 0.3 is 0 Å². The van der Waals surface area contributed by atoms with Crippen LogP contribution in [0.3, 0.4) is 0 Å². The largest absolute Gasteiger partial charge is 0.326 e. The summed E-state index contributed by atoms with van der Waals surface area (Å²) in [6, 6.07) is 7.48. The van der Waals surface area contributed by atoms with Gasteiger partial charge in [-0.1, -0.05) is 38.1 Å². The summed E-state index contributed by atoms with van der Waals surface area (Å²) < 4.78 is 26.3. The predicted molar refractivity (Wildman–Crippen MR) is 76.9 cm³/mol. The summed E-state index contributed by atoms with van der Waals surface area (Å²) in [6.07, 6.45) is 0. The van der Waals surface area contributed by atoms with Crippen molar-refractivity contribution in [2.45, 2.75) is 26.1 Å². The van der Waals surface area contributed by atoms with E-state index in [1.807, 2.05) is 24.3 Å². The second-order valence-corrected chi connectivity index (χ2v) is 7.52. The molecule has 0 spiro atoms. The second-order valence-electron chi connectivity index (χ2n) is 5.55. The average Bonchev–Trinajstić information content (AvgIpc) is 2.71. The molecule has 1 aromatic rings. The average molecular weight is 282 g/mol. The molecular weight excluding hydrogens is 260 g/mol. The zero-order valence-electron chi connectivity index (χ0n) is 11.5. The fourth-order valence-electron chi connectivity index (χ4n) is 2.38. The first-order valence-corrected chi connectivity index (χ1v) is 8.29. The number of nitrogens with zero attached hydrogens (tertiary/aromatic N) is 1. The number of sulfonamides is 1. The maximum atomic E-state index is 12.3. The van der Waals surface area contributed by atoms with E-state index in [1.54, 1.807) is 4.31 Å². The van der Waals surface area contributed by atoms with E-state index in [4.69, 9.17) is 5.73 Å². The molecule has 1 aliphatic rings. The molecule has 2 atom stereocenters. The fourth-order valence-corrected chi connectivity index (χ4v) is 4.10. The van der Waals surface area contributed by atoms with E-state index >= 15 is 0 Å². The van der Waals surface area contributed by atoms with Gasteiger partial charge in [0.15, 0.2) is 0 Å². The Morgan fingerprint density at radius 3 is 2.05 bits per heavy atom. The molecule has 1 aliphatic heterocycles. The predicted octanol–water partition coefficient (Wildman–Crippen LogP) is 1.56. The fraction of sp³-hybridized carbons (Fsp3) is 0.571. The van der Waals surface area contributed by atoms with E-state index in [0.717, 1.165) is 11.1 Å². The summed E-state index contributed by atoms with van der Waals surface area (Å²) in [7, 11) is -3.20. The molecule has 0 bridgehead atoms. The van der Waals surface area contributed by atoms with Crippen LogP contribution in [0.25, 0.3) is 0 Å². The highest BCUT2D eigenvalue weighted by atomic mass is 32.2. The van der Waals surface area contributed by atoms with Gasteiger partial charge in [0.2, 0.25) is 10.0 Å². The van der Waals surface area contributed by atoms with Gasteiger partial charge < -0.3 is 5.73 Å². The molecular formula is C14H22N2O2S. The van der Waals surface area contributed by atoms with Gasteiger partial charge in [-0.05, 0) is 23.0 Å². The SMILES string of the molecule is CC1CN(S(=O)(=O)Cc2ccc(CN)cc2)CC1C. The van der Waals surface area contributed by atoms with Crippen molar-refractivity contribution in [2.24, 2.45) is 17.6 Å². The van der Waals surface area contributed by atoms with Crippen LogP contribution in [0, 0.1) is 11.8 Å². The molecule has 0 aromatic heterocycles. The minimum Gasteiger partial charge on any atom is -0.326 e. The summed E-state index contributed by atoms with van der Waals surface area (Å²) in [5, 5.41) is 0. The summed E-state index contributed by atoms with van der Waals surface area (Å²) in [5.74, 6) is 0.959. The second kappa shape index (κ2) is 5.61. The van der Waals surface area contributed by atoms with Crippen molar-refractivity contribution in [2.75, 3.05) is 13.1 Å². The van der Waals surface area contributed by atoms with Gasteiger partial charge in [0.25, 0.3) is 0 Å². The van der Waals surface area contributed by atoms with Crippen molar-refractivity contribution in [3.63, 3.8) is 0 Å². The molecule has 1 aromatic carbocycles. The van der Waals surface area contributed by atoms with Crippen molar-refractivity contribution >= 4 is 10.0 Å². The van der Waals surface area contributed by atoms with Crippen LogP contribution in [0.5, 0.6) is 0 Å². The number of benzene rings is 1. The smallest absolute Gasteiger partial charge is 0.218 e. The van der Waals surface area contributed by atoms with Crippen molar-refractivity contribution in [3.05, 3.63) is 35.4 Å². The van der Waals surface area contributed by atoms with Crippen LogP contribution >= 0.6 is 0 Å². The molecule has 1 fully saturated rings. The quantitative estimate of drug-likeness (QED) is 0.911. The van der Waals surface area contributed by atoms with Crippen LogP contribution in [-0.2, 0) is 22.3 Å². The van der Waals surface area contributed by atoms with Crippen LogP contribution < -0.4 is 5.73 Å². The van der Waals surface area contributed by atoms with Gasteiger partial charge in [0.1, 0.15) is 0 Å². The van der Waals surface area contributed by atoms with E-state index < -0.39 is 10.0 Å². The molecule has 19 heavy (non-hydrogen) atoms.